The molecule has 2 heterocycles. The van der Waals surface area contributed by atoms with Gasteiger partial charge in [0.2, 0.25) is 11.8 Å². The highest BCUT2D eigenvalue weighted by Gasteiger charge is 2.42. The van der Waals surface area contributed by atoms with Gasteiger partial charge < -0.3 is 25.6 Å². The molecule has 2 aromatic rings. The van der Waals surface area contributed by atoms with Crippen molar-refractivity contribution in [1.82, 2.24) is 15.5 Å². The molecular weight excluding hydrogens is 360 g/mol. The van der Waals surface area contributed by atoms with Gasteiger partial charge >= 0.3 is 6.03 Å². The van der Waals surface area contributed by atoms with Crippen molar-refractivity contribution >= 4 is 23.5 Å². The highest BCUT2D eigenvalue weighted by molar-refractivity contribution is 5.96. The van der Waals surface area contributed by atoms with Crippen molar-refractivity contribution < 1.29 is 19.1 Å². The molecule has 8 nitrogen and oxygen atoms in total. The Labute approximate surface area is 161 Å². The third kappa shape index (κ3) is 3.75. The number of anilines is 1. The van der Waals surface area contributed by atoms with Crippen molar-refractivity contribution in [2.24, 2.45) is 0 Å². The second-order valence-corrected chi connectivity index (χ2v) is 6.72. The van der Waals surface area contributed by atoms with Gasteiger partial charge in [0.05, 0.1) is 18.3 Å². The van der Waals surface area contributed by atoms with E-state index in [0.29, 0.717) is 30.2 Å². The van der Waals surface area contributed by atoms with Gasteiger partial charge in [-0.2, -0.15) is 0 Å². The molecule has 0 spiro atoms. The molecule has 3 N–H and O–H groups in total. The van der Waals surface area contributed by atoms with Crippen LogP contribution in [0.2, 0.25) is 0 Å². The van der Waals surface area contributed by atoms with Crippen LogP contribution >= 0.6 is 0 Å². The number of ether oxygens (including phenoxy) is 1. The quantitative estimate of drug-likeness (QED) is 0.752. The summed E-state index contributed by atoms with van der Waals surface area (Å²) in [7, 11) is 0. The molecule has 0 radical (unpaired) electrons. The zero-order valence-corrected chi connectivity index (χ0v) is 15.1. The van der Waals surface area contributed by atoms with Gasteiger partial charge in [-0.3, -0.25) is 9.59 Å². The Balaban J connectivity index is 1.39. The maximum Gasteiger partial charge on any atom is 0.319 e. The van der Waals surface area contributed by atoms with Gasteiger partial charge in [-0.15, -0.1) is 0 Å². The molecule has 0 unspecified atom stereocenters. The monoisotopic (exact) mass is 380 g/mol. The molecule has 2 aliphatic heterocycles. The van der Waals surface area contributed by atoms with Crippen LogP contribution in [0.5, 0.6) is 11.5 Å². The second-order valence-electron chi connectivity index (χ2n) is 6.72. The van der Waals surface area contributed by atoms with Crippen molar-refractivity contribution in [1.29, 1.82) is 0 Å². The van der Waals surface area contributed by atoms with E-state index in [1.54, 1.807) is 18.2 Å². The van der Waals surface area contributed by atoms with Crippen molar-refractivity contribution in [2.45, 2.75) is 18.5 Å². The van der Waals surface area contributed by atoms with E-state index in [1.807, 2.05) is 36.4 Å². The molecule has 2 aromatic carbocycles. The first-order valence-corrected chi connectivity index (χ1v) is 9.07. The van der Waals surface area contributed by atoms with Crippen LogP contribution in [-0.2, 0) is 9.59 Å². The van der Waals surface area contributed by atoms with E-state index in [0.717, 1.165) is 0 Å². The van der Waals surface area contributed by atoms with E-state index in [4.69, 9.17) is 4.74 Å². The van der Waals surface area contributed by atoms with E-state index >= 15 is 0 Å². The summed E-state index contributed by atoms with van der Waals surface area (Å²) in [6.07, 6.45) is 0.396. The number of hydrogen-bond acceptors (Lipinski definition) is 4. The Morgan fingerprint density at radius 2 is 1.82 bits per heavy atom. The number of carbonyl (C=O) groups is 3. The van der Waals surface area contributed by atoms with Crippen LogP contribution in [0.4, 0.5) is 10.5 Å². The Kier molecular flexibility index (Phi) is 4.84. The van der Waals surface area contributed by atoms with Crippen LogP contribution in [0.15, 0.2) is 54.6 Å². The van der Waals surface area contributed by atoms with Crippen LogP contribution in [0, 0.1) is 0 Å². The van der Waals surface area contributed by atoms with Crippen molar-refractivity contribution in [3.8, 4) is 11.5 Å². The molecule has 144 valence electrons. The zero-order valence-electron chi connectivity index (χ0n) is 15.1. The highest BCUT2D eigenvalue weighted by Crippen LogP contribution is 2.29. The molecule has 4 rings (SSSR count). The smallest absolute Gasteiger partial charge is 0.319 e. The Hall–Kier alpha value is -3.55. The summed E-state index contributed by atoms with van der Waals surface area (Å²) in [5.41, 5.74) is 0.522. The highest BCUT2D eigenvalue weighted by atomic mass is 16.5. The predicted molar refractivity (Wildman–Crippen MR) is 102 cm³/mol. The number of nitrogens with one attached hydrogen (secondary N) is 3. The summed E-state index contributed by atoms with van der Waals surface area (Å²) in [6.45, 7) is 0.338. The number of rotatable bonds is 4. The van der Waals surface area contributed by atoms with Crippen molar-refractivity contribution in [3.63, 3.8) is 0 Å². The minimum absolute atomic E-state index is 0.0124. The van der Waals surface area contributed by atoms with E-state index < -0.39 is 12.1 Å². The maximum atomic E-state index is 12.5. The third-order valence-corrected chi connectivity index (χ3v) is 4.78. The molecule has 2 fully saturated rings. The van der Waals surface area contributed by atoms with Crippen LogP contribution in [0.1, 0.15) is 6.42 Å². The number of benzene rings is 2. The molecule has 4 amide bonds. The number of piperazine rings is 1. The molecule has 0 aromatic heterocycles. The first kappa shape index (κ1) is 17.8. The topological polar surface area (TPSA) is 99.8 Å². The molecule has 8 heteroatoms. The maximum absolute atomic E-state index is 12.5. The van der Waals surface area contributed by atoms with Gasteiger partial charge in [0.25, 0.3) is 0 Å². The number of urea groups is 1. The number of hydrogen-bond donors (Lipinski definition) is 3. The van der Waals surface area contributed by atoms with E-state index in [-0.39, 0.29) is 24.4 Å². The summed E-state index contributed by atoms with van der Waals surface area (Å²) in [4.78, 5) is 37.8. The zero-order chi connectivity index (χ0) is 19.5. The second kappa shape index (κ2) is 7.59. The van der Waals surface area contributed by atoms with Gasteiger partial charge in [0.15, 0.2) is 5.75 Å². The lowest BCUT2D eigenvalue weighted by molar-refractivity contribution is -0.143. The Bertz CT molecular complexity index is 878. The number of amides is 4. The van der Waals surface area contributed by atoms with Gasteiger partial charge in [-0.1, -0.05) is 30.3 Å². The van der Waals surface area contributed by atoms with Gasteiger partial charge in [-0.25, -0.2) is 4.79 Å². The van der Waals surface area contributed by atoms with Crippen LogP contribution < -0.4 is 20.7 Å². The standard InChI is InChI=1S/C20H20N4O4/c25-18-11-21-19(26)16-10-13(12-24(16)18)22-20(27)23-15-8-4-5-9-17(15)28-14-6-2-1-3-7-14/h1-9,13,16H,10-12H2,(H,21,26)(H2,22,23,27)/t13-,16-/m0/s1. The lowest BCUT2D eigenvalue weighted by atomic mass is 10.1. The van der Waals surface area contributed by atoms with Gasteiger partial charge in [0, 0.05) is 6.54 Å². The van der Waals surface area contributed by atoms with Crippen molar-refractivity contribution in [2.75, 3.05) is 18.4 Å². The summed E-state index contributed by atoms with van der Waals surface area (Å²) in [5.74, 6) is 0.874. The minimum atomic E-state index is -0.514. The fraction of sp³-hybridized carbons (Fsp3) is 0.250. The largest absolute Gasteiger partial charge is 0.455 e. The lowest BCUT2D eigenvalue weighted by Gasteiger charge is -2.28. The number of carbonyl (C=O) groups excluding carboxylic acids is 3. The van der Waals surface area contributed by atoms with Gasteiger partial charge in [0.1, 0.15) is 11.8 Å². The molecule has 2 atom stereocenters. The molecule has 0 saturated carbocycles. The summed E-state index contributed by atoms with van der Waals surface area (Å²) in [5, 5.41) is 8.19. The summed E-state index contributed by atoms with van der Waals surface area (Å²) >= 11 is 0. The van der Waals surface area contributed by atoms with Crippen LogP contribution in [0.25, 0.3) is 0 Å². The molecule has 0 aliphatic carbocycles. The van der Waals surface area contributed by atoms with Crippen molar-refractivity contribution in [3.05, 3.63) is 54.6 Å². The average Bonchev–Trinajstić information content (AvgIpc) is 3.12. The van der Waals surface area contributed by atoms with Crippen LogP contribution in [-0.4, -0.2) is 47.9 Å². The summed E-state index contributed by atoms with van der Waals surface area (Å²) < 4.78 is 5.84. The molecule has 2 aliphatic rings. The molecule has 28 heavy (non-hydrogen) atoms. The van der Waals surface area contributed by atoms with Crippen LogP contribution in [0.3, 0.4) is 0 Å². The molecular formula is C20H20N4O4. The lowest BCUT2D eigenvalue weighted by Crippen LogP contribution is -2.55. The minimum Gasteiger partial charge on any atom is -0.455 e. The van der Waals surface area contributed by atoms with E-state index in [2.05, 4.69) is 16.0 Å². The molecule has 0 bridgehead atoms. The fourth-order valence-electron chi connectivity index (χ4n) is 3.47. The first-order chi connectivity index (χ1) is 13.6. The molecule has 2 saturated heterocycles. The van der Waals surface area contributed by atoms with E-state index in [1.165, 1.54) is 4.90 Å². The third-order valence-electron chi connectivity index (χ3n) is 4.78. The SMILES string of the molecule is O=C(Nc1ccccc1Oc1ccccc1)N[C@H]1C[C@H]2C(=O)NCC(=O)N2C1. The Morgan fingerprint density at radius 3 is 2.61 bits per heavy atom. The van der Waals surface area contributed by atoms with Gasteiger partial charge in [-0.05, 0) is 30.7 Å². The number of para-hydroxylation sites is 3. The Morgan fingerprint density at radius 1 is 1.07 bits per heavy atom. The summed E-state index contributed by atoms with van der Waals surface area (Å²) in [6, 6.07) is 15.2. The predicted octanol–water partition coefficient (Wildman–Crippen LogP) is 1.70. The number of nitrogens with zero attached hydrogens (tertiary/aromatic N) is 1. The first-order valence-electron chi connectivity index (χ1n) is 9.07. The number of fused-ring (bicyclic) bond motifs is 1. The van der Waals surface area contributed by atoms with E-state index in [9.17, 15) is 14.4 Å². The fourth-order valence-corrected chi connectivity index (χ4v) is 3.47. The normalized spacial score (nSPS) is 20.9. The average molecular weight is 380 g/mol.